The topological polar surface area (TPSA) is 77.8 Å². The van der Waals surface area contributed by atoms with Gasteiger partial charge in [0, 0.05) is 23.6 Å². The van der Waals surface area contributed by atoms with Crippen molar-refractivity contribution in [3.05, 3.63) is 11.6 Å². The van der Waals surface area contributed by atoms with Crippen LogP contribution in [0, 0.1) is 40.4 Å². The summed E-state index contributed by atoms with van der Waals surface area (Å²) in [5.74, 6) is -1.09. The van der Waals surface area contributed by atoms with Gasteiger partial charge in [-0.15, -0.1) is 11.6 Å². The number of hydrogen-bond acceptors (Lipinski definition) is 4. The summed E-state index contributed by atoms with van der Waals surface area (Å²) in [6.07, 6.45) is 5.61. The first-order chi connectivity index (χ1) is 16.2. The lowest BCUT2D eigenvalue weighted by Crippen LogP contribution is -2.47. The molecule has 2 fully saturated rings. The molecule has 0 spiro atoms. The first-order valence-corrected chi connectivity index (χ1v) is 14.2. The number of aliphatic hydroxyl groups is 3. The summed E-state index contributed by atoms with van der Waals surface area (Å²) in [4.78, 5) is 13.2. The first kappa shape index (κ1) is 29.1. The van der Waals surface area contributed by atoms with Crippen LogP contribution < -0.4 is 0 Å². The number of carbonyl (C=O) groups excluding carboxylic acids is 1. The van der Waals surface area contributed by atoms with Crippen molar-refractivity contribution in [2.75, 3.05) is 0 Å². The molecule has 3 aliphatic carbocycles. The standard InChI is InChI=1S/C29H48ClFO4/c1-17(2)24(15-25(32)19-12-20(27(34)35)14-23(31)13-19)26(33)18-10-11-29(5,28(3,4)16-18)21-6-8-22(30)9-7-21/h6,17-20,22-24,26-27,33-35H,7-16H2,1-5H3/t18?,19?,20?,22?,23?,24-,26?,29?/m1/s1. The summed E-state index contributed by atoms with van der Waals surface area (Å²) in [5, 5.41) is 30.9. The summed E-state index contributed by atoms with van der Waals surface area (Å²) in [6, 6.07) is 0. The lowest BCUT2D eigenvalue weighted by Gasteiger charge is -2.54. The van der Waals surface area contributed by atoms with Gasteiger partial charge in [-0.25, -0.2) is 4.39 Å². The number of Topliss-reactive ketones (excluding diaryl/α,β-unsaturated/α-hetero) is 1. The molecule has 2 saturated carbocycles. The maximum atomic E-state index is 14.2. The van der Waals surface area contributed by atoms with E-state index in [1.165, 1.54) is 5.57 Å². The lowest BCUT2D eigenvalue weighted by atomic mass is 9.51. The largest absolute Gasteiger partial charge is 0.393 e. The minimum absolute atomic E-state index is 0.0166. The Morgan fingerprint density at radius 3 is 2.34 bits per heavy atom. The fourth-order valence-electron chi connectivity index (χ4n) is 7.28. The van der Waals surface area contributed by atoms with Crippen LogP contribution in [0.5, 0.6) is 0 Å². The Kier molecular flexibility index (Phi) is 9.55. The SMILES string of the molecule is CC(C)[C@@H](CC(=O)C1CC(F)CC(C(O)O)C1)C(O)C1CCC(C)(C2=CCC(Cl)CC2)C(C)(C)C1. The molecule has 35 heavy (non-hydrogen) atoms. The van der Waals surface area contributed by atoms with Gasteiger partial charge < -0.3 is 15.3 Å². The van der Waals surface area contributed by atoms with Gasteiger partial charge in [0.1, 0.15) is 12.0 Å². The monoisotopic (exact) mass is 514 g/mol. The second-order valence-corrected chi connectivity index (χ2v) is 13.7. The quantitative estimate of drug-likeness (QED) is 0.205. The maximum Gasteiger partial charge on any atom is 0.154 e. The van der Waals surface area contributed by atoms with E-state index in [-0.39, 0.29) is 59.0 Å². The summed E-state index contributed by atoms with van der Waals surface area (Å²) >= 11 is 6.34. The smallest absolute Gasteiger partial charge is 0.154 e. The fourth-order valence-corrected chi connectivity index (χ4v) is 7.48. The Bertz CT molecular complexity index is 766. The normalized spacial score (nSPS) is 37.7. The first-order valence-electron chi connectivity index (χ1n) is 13.8. The van der Waals surface area contributed by atoms with Gasteiger partial charge in [-0.2, -0.15) is 0 Å². The molecule has 7 unspecified atom stereocenters. The summed E-state index contributed by atoms with van der Waals surface area (Å²) < 4.78 is 14.2. The summed E-state index contributed by atoms with van der Waals surface area (Å²) in [7, 11) is 0. The van der Waals surface area contributed by atoms with Crippen molar-refractivity contribution < 1.29 is 24.5 Å². The Morgan fingerprint density at radius 2 is 1.80 bits per heavy atom. The number of rotatable bonds is 8. The highest BCUT2D eigenvalue weighted by molar-refractivity contribution is 6.20. The molecule has 0 aliphatic heterocycles. The second-order valence-electron chi connectivity index (χ2n) is 13.1. The highest BCUT2D eigenvalue weighted by atomic mass is 35.5. The second kappa shape index (κ2) is 11.5. The third kappa shape index (κ3) is 6.51. The fraction of sp³-hybridized carbons (Fsp3) is 0.897. The predicted molar refractivity (Wildman–Crippen MR) is 139 cm³/mol. The molecule has 3 rings (SSSR count). The number of allylic oxidation sites excluding steroid dienone is 2. The van der Waals surface area contributed by atoms with E-state index in [1.54, 1.807) is 0 Å². The average molecular weight is 515 g/mol. The van der Waals surface area contributed by atoms with E-state index in [2.05, 4.69) is 26.8 Å². The molecule has 0 bridgehead atoms. The molecule has 0 amide bonds. The molecule has 202 valence electrons. The van der Waals surface area contributed by atoms with Crippen molar-refractivity contribution in [2.45, 2.75) is 123 Å². The zero-order chi connectivity index (χ0) is 26.1. The number of alkyl halides is 2. The molecule has 4 nitrogen and oxygen atoms in total. The number of ketones is 1. The number of hydrogen-bond donors (Lipinski definition) is 3. The van der Waals surface area contributed by atoms with Gasteiger partial charge in [-0.3, -0.25) is 4.79 Å². The molecular formula is C29H48ClFO4. The van der Waals surface area contributed by atoms with Crippen LogP contribution in [-0.2, 0) is 4.79 Å². The zero-order valence-corrected chi connectivity index (χ0v) is 23.1. The van der Waals surface area contributed by atoms with Crippen LogP contribution in [0.15, 0.2) is 11.6 Å². The van der Waals surface area contributed by atoms with Crippen molar-refractivity contribution in [3.8, 4) is 0 Å². The molecule has 0 aromatic heterocycles. The number of aliphatic hydroxyl groups excluding tert-OH is 2. The average Bonchev–Trinajstić information content (AvgIpc) is 2.78. The Labute approximate surface area is 216 Å². The van der Waals surface area contributed by atoms with E-state index in [0.717, 1.165) is 38.5 Å². The van der Waals surface area contributed by atoms with Gasteiger partial charge in [0.05, 0.1) is 6.10 Å². The van der Waals surface area contributed by atoms with Crippen LogP contribution in [0.25, 0.3) is 0 Å². The highest BCUT2D eigenvalue weighted by Gasteiger charge is 2.50. The van der Waals surface area contributed by atoms with Gasteiger partial charge in [0.15, 0.2) is 6.29 Å². The summed E-state index contributed by atoms with van der Waals surface area (Å²) in [5.41, 5.74) is 1.62. The van der Waals surface area contributed by atoms with E-state index in [4.69, 9.17) is 11.6 Å². The van der Waals surface area contributed by atoms with Crippen molar-refractivity contribution in [1.29, 1.82) is 0 Å². The Balaban J connectivity index is 1.68. The predicted octanol–water partition coefficient (Wildman–Crippen LogP) is 6.19. The molecule has 8 atom stereocenters. The highest BCUT2D eigenvalue weighted by Crippen LogP contribution is 2.58. The van der Waals surface area contributed by atoms with Gasteiger partial charge in [0.25, 0.3) is 0 Å². The molecule has 0 heterocycles. The molecule has 3 N–H and O–H groups in total. The molecular weight excluding hydrogens is 467 g/mol. The Morgan fingerprint density at radius 1 is 1.11 bits per heavy atom. The molecule has 6 heteroatoms. The summed E-state index contributed by atoms with van der Waals surface area (Å²) in [6.45, 7) is 11.1. The van der Waals surface area contributed by atoms with Gasteiger partial charge >= 0.3 is 0 Å². The van der Waals surface area contributed by atoms with Crippen LogP contribution in [0.1, 0.15) is 98.8 Å². The van der Waals surface area contributed by atoms with E-state index in [1.807, 2.05) is 13.8 Å². The third-order valence-corrected chi connectivity index (χ3v) is 10.5. The van der Waals surface area contributed by atoms with Gasteiger partial charge in [-0.1, -0.05) is 46.3 Å². The van der Waals surface area contributed by atoms with E-state index in [0.29, 0.717) is 6.42 Å². The lowest BCUT2D eigenvalue weighted by molar-refractivity contribution is -0.135. The van der Waals surface area contributed by atoms with Crippen LogP contribution in [0.2, 0.25) is 0 Å². The number of carbonyl (C=O) groups is 1. The zero-order valence-electron chi connectivity index (χ0n) is 22.4. The third-order valence-electron chi connectivity index (χ3n) is 10.1. The van der Waals surface area contributed by atoms with Crippen molar-refractivity contribution >= 4 is 17.4 Å². The minimum atomic E-state index is -1.59. The van der Waals surface area contributed by atoms with Crippen molar-refractivity contribution in [2.24, 2.45) is 40.4 Å². The molecule has 0 radical (unpaired) electrons. The number of halogens is 2. The van der Waals surface area contributed by atoms with E-state index in [9.17, 15) is 24.5 Å². The minimum Gasteiger partial charge on any atom is -0.393 e. The van der Waals surface area contributed by atoms with Gasteiger partial charge in [0.2, 0.25) is 0 Å². The van der Waals surface area contributed by atoms with Crippen molar-refractivity contribution in [3.63, 3.8) is 0 Å². The Hall–Kier alpha value is -0.490. The van der Waals surface area contributed by atoms with Crippen LogP contribution in [0.4, 0.5) is 4.39 Å². The van der Waals surface area contributed by atoms with Crippen molar-refractivity contribution in [1.82, 2.24) is 0 Å². The van der Waals surface area contributed by atoms with Gasteiger partial charge in [-0.05, 0) is 86.4 Å². The molecule has 3 aliphatic rings. The molecule has 0 saturated heterocycles. The maximum absolute atomic E-state index is 14.2. The van der Waals surface area contributed by atoms with Crippen LogP contribution in [0.3, 0.4) is 0 Å². The van der Waals surface area contributed by atoms with E-state index < -0.39 is 30.4 Å². The molecule has 0 aromatic carbocycles. The van der Waals surface area contributed by atoms with Crippen LogP contribution >= 0.6 is 11.6 Å². The van der Waals surface area contributed by atoms with E-state index >= 15 is 0 Å². The van der Waals surface area contributed by atoms with Crippen LogP contribution in [-0.4, -0.2) is 45.0 Å². The molecule has 0 aromatic rings.